The average molecular weight is 420 g/mol. The summed E-state index contributed by atoms with van der Waals surface area (Å²) < 4.78 is 11.7. The molecule has 160 valence electrons. The number of thiazole rings is 1. The van der Waals surface area contributed by atoms with Crippen LogP contribution >= 0.6 is 11.3 Å². The molecule has 1 amide bonds. The molecule has 0 radical (unpaired) electrons. The van der Waals surface area contributed by atoms with Gasteiger partial charge in [0.2, 0.25) is 0 Å². The summed E-state index contributed by atoms with van der Waals surface area (Å²) in [5.74, 6) is 3.35. The number of ether oxygens (including phenoxy) is 2. The Kier molecular flexibility index (Phi) is 5.89. The van der Waals surface area contributed by atoms with Crippen LogP contribution in [0.5, 0.6) is 5.19 Å². The normalized spacial score (nSPS) is 29.6. The SMILES string of the molecule is CC(C)N1CC(=COc2ncc(C(=O)NCCC3C4CCC3CC4)s2)OC1(C)C. The molecule has 2 aliphatic carbocycles. The second kappa shape index (κ2) is 8.26. The van der Waals surface area contributed by atoms with Gasteiger partial charge in [0, 0.05) is 12.6 Å². The Balaban J connectivity index is 1.25. The molecule has 1 N–H and O–H groups in total. The lowest BCUT2D eigenvalue weighted by Crippen LogP contribution is -2.43. The Morgan fingerprint density at radius 2 is 2.07 bits per heavy atom. The molecular formula is C22H33N3O3S. The molecule has 2 saturated carbocycles. The van der Waals surface area contributed by atoms with E-state index in [1.54, 1.807) is 12.5 Å². The van der Waals surface area contributed by atoms with Crippen LogP contribution in [0.25, 0.3) is 0 Å². The Bertz CT molecular complexity index is 753. The number of carbonyl (C=O) groups excluding carboxylic acids is 1. The lowest BCUT2D eigenvalue weighted by atomic mass is 9.94. The van der Waals surface area contributed by atoms with Crippen molar-refractivity contribution in [3.05, 3.63) is 23.1 Å². The molecule has 0 atom stereocenters. The summed E-state index contributed by atoms with van der Waals surface area (Å²) in [5, 5.41) is 3.52. The summed E-state index contributed by atoms with van der Waals surface area (Å²) in [7, 11) is 0. The summed E-state index contributed by atoms with van der Waals surface area (Å²) in [6.45, 7) is 9.86. The minimum atomic E-state index is -0.351. The van der Waals surface area contributed by atoms with Gasteiger partial charge in [-0.2, -0.15) is 0 Å². The van der Waals surface area contributed by atoms with Crippen LogP contribution in [0.15, 0.2) is 18.2 Å². The highest BCUT2D eigenvalue weighted by Crippen LogP contribution is 2.50. The predicted molar refractivity (Wildman–Crippen MR) is 114 cm³/mol. The topological polar surface area (TPSA) is 63.7 Å². The number of hydrogen-bond acceptors (Lipinski definition) is 6. The van der Waals surface area contributed by atoms with E-state index in [0.717, 1.165) is 36.5 Å². The highest BCUT2D eigenvalue weighted by molar-refractivity contribution is 7.15. The first-order valence-corrected chi connectivity index (χ1v) is 11.7. The van der Waals surface area contributed by atoms with Crippen LogP contribution in [0, 0.1) is 17.8 Å². The number of rotatable bonds is 7. The first-order valence-electron chi connectivity index (χ1n) is 10.9. The molecule has 29 heavy (non-hydrogen) atoms. The van der Waals surface area contributed by atoms with Crippen molar-refractivity contribution in [2.75, 3.05) is 13.1 Å². The zero-order chi connectivity index (χ0) is 20.6. The van der Waals surface area contributed by atoms with Crippen molar-refractivity contribution in [3.63, 3.8) is 0 Å². The van der Waals surface area contributed by atoms with E-state index in [0.29, 0.717) is 22.7 Å². The monoisotopic (exact) mass is 419 g/mol. The van der Waals surface area contributed by atoms with E-state index in [1.165, 1.54) is 37.0 Å². The highest BCUT2D eigenvalue weighted by atomic mass is 32.1. The minimum absolute atomic E-state index is 0.0559. The van der Waals surface area contributed by atoms with Gasteiger partial charge >= 0.3 is 0 Å². The maximum absolute atomic E-state index is 12.4. The van der Waals surface area contributed by atoms with Gasteiger partial charge in [-0.05, 0) is 77.6 Å². The molecule has 1 aromatic rings. The second-order valence-corrected chi connectivity index (χ2v) is 10.3. The molecule has 0 aromatic carbocycles. The van der Waals surface area contributed by atoms with Crippen molar-refractivity contribution in [2.24, 2.45) is 17.8 Å². The zero-order valence-electron chi connectivity index (χ0n) is 17.9. The van der Waals surface area contributed by atoms with Gasteiger partial charge in [0.25, 0.3) is 11.1 Å². The first kappa shape index (κ1) is 20.7. The molecule has 0 spiro atoms. The fourth-order valence-electron chi connectivity index (χ4n) is 5.47. The van der Waals surface area contributed by atoms with Gasteiger partial charge in [-0.25, -0.2) is 4.98 Å². The van der Waals surface area contributed by atoms with Gasteiger partial charge in [-0.15, -0.1) is 0 Å². The smallest absolute Gasteiger partial charge is 0.278 e. The van der Waals surface area contributed by atoms with Gasteiger partial charge in [0.05, 0.1) is 12.7 Å². The molecule has 2 heterocycles. The van der Waals surface area contributed by atoms with Crippen LogP contribution in [-0.2, 0) is 4.74 Å². The lowest BCUT2D eigenvalue weighted by molar-refractivity contribution is -0.0475. The van der Waals surface area contributed by atoms with Gasteiger partial charge in [-0.3, -0.25) is 9.69 Å². The molecule has 2 bridgehead atoms. The number of nitrogens with one attached hydrogen (secondary N) is 1. The Morgan fingerprint density at radius 1 is 1.38 bits per heavy atom. The third kappa shape index (κ3) is 4.45. The minimum Gasteiger partial charge on any atom is -0.473 e. The van der Waals surface area contributed by atoms with Gasteiger partial charge in [0.1, 0.15) is 16.9 Å². The van der Waals surface area contributed by atoms with Crippen LogP contribution in [0.3, 0.4) is 0 Å². The first-order chi connectivity index (χ1) is 13.8. The summed E-state index contributed by atoms with van der Waals surface area (Å²) >= 11 is 1.27. The average Bonchev–Trinajstić information content (AvgIpc) is 3.43. The second-order valence-electron chi connectivity index (χ2n) is 9.35. The third-order valence-corrected chi connectivity index (χ3v) is 7.70. The molecule has 3 fully saturated rings. The maximum atomic E-state index is 12.4. The number of nitrogens with zero attached hydrogens (tertiary/aromatic N) is 2. The summed E-state index contributed by atoms with van der Waals surface area (Å²) in [6.07, 6.45) is 9.88. The predicted octanol–water partition coefficient (Wildman–Crippen LogP) is 4.40. The Morgan fingerprint density at radius 3 is 2.69 bits per heavy atom. The summed E-state index contributed by atoms with van der Waals surface area (Å²) in [6, 6.07) is 0.380. The van der Waals surface area contributed by atoms with Crippen molar-refractivity contribution in [1.29, 1.82) is 0 Å². The van der Waals surface area contributed by atoms with E-state index >= 15 is 0 Å². The van der Waals surface area contributed by atoms with E-state index in [9.17, 15) is 4.79 Å². The van der Waals surface area contributed by atoms with Crippen LogP contribution in [0.4, 0.5) is 0 Å². The number of carbonyl (C=O) groups is 1. The molecule has 4 rings (SSSR count). The number of hydrogen-bond donors (Lipinski definition) is 1. The molecule has 3 aliphatic rings. The lowest BCUT2D eigenvalue weighted by Gasteiger charge is -2.32. The van der Waals surface area contributed by atoms with Crippen LogP contribution in [-0.4, -0.2) is 40.6 Å². The Labute approximate surface area is 177 Å². The quantitative estimate of drug-likeness (QED) is 0.664. The van der Waals surface area contributed by atoms with E-state index in [-0.39, 0.29) is 11.6 Å². The van der Waals surface area contributed by atoms with Crippen LogP contribution < -0.4 is 10.1 Å². The number of fused-ring (bicyclic) bond motifs is 2. The van der Waals surface area contributed by atoms with E-state index in [2.05, 4.69) is 42.9 Å². The molecule has 0 unspecified atom stereocenters. The largest absolute Gasteiger partial charge is 0.473 e. The van der Waals surface area contributed by atoms with Gasteiger partial charge in [-0.1, -0.05) is 11.3 Å². The van der Waals surface area contributed by atoms with Crippen molar-refractivity contribution in [1.82, 2.24) is 15.2 Å². The Hall–Kier alpha value is -1.60. The summed E-state index contributed by atoms with van der Waals surface area (Å²) in [4.78, 5) is 19.5. The molecule has 1 aliphatic heterocycles. The number of amides is 1. The highest BCUT2D eigenvalue weighted by Gasteiger charge is 2.41. The van der Waals surface area contributed by atoms with Gasteiger partial charge < -0.3 is 14.8 Å². The van der Waals surface area contributed by atoms with E-state index in [4.69, 9.17) is 9.47 Å². The van der Waals surface area contributed by atoms with E-state index in [1.807, 2.05) is 0 Å². The van der Waals surface area contributed by atoms with Crippen LogP contribution in [0.1, 0.15) is 69.5 Å². The standard InChI is InChI=1S/C22H33N3O3S/c1-14(2)25-12-17(28-22(25,3)4)13-27-21-24-11-19(29-21)20(26)23-10-9-18-15-5-6-16(18)8-7-15/h11,13-16,18H,5-10,12H2,1-4H3,(H,23,26). The third-order valence-electron chi connectivity index (χ3n) is 6.81. The van der Waals surface area contributed by atoms with E-state index < -0.39 is 0 Å². The summed E-state index contributed by atoms with van der Waals surface area (Å²) in [5.41, 5.74) is -0.351. The fourth-order valence-corrected chi connectivity index (χ4v) is 6.13. The molecular weight excluding hydrogens is 386 g/mol. The number of aromatic nitrogens is 1. The van der Waals surface area contributed by atoms with Crippen LogP contribution in [0.2, 0.25) is 0 Å². The van der Waals surface area contributed by atoms with Crippen molar-refractivity contribution >= 4 is 17.2 Å². The van der Waals surface area contributed by atoms with Crippen molar-refractivity contribution in [3.8, 4) is 5.19 Å². The molecule has 7 heteroatoms. The molecule has 1 saturated heterocycles. The molecule has 1 aromatic heterocycles. The zero-order valence-corrected chi connectivity index (χ0v) is 18.8. The fraction of sp³-hybridized carbons (Fsp3) is 0.727. The molecule has 6 nitrogen and oxygen atoms in total. The maximum Gasteiger partial charge on any atom is 0.278 e. The van der Waals surface area contributed by atoms with Gasteiger partial charge in [0.15, 0.2) is 5.72 Å². The van der Waals surface area contributed by atoms with Crippen molar-refractivity contribution < 1.29 is 14.3 Å². The van der Waals surface area contributed by atoms with Crippen molar-refractivity contribution in [2.45, 2.75) is 71.6 Å².